The zero-order valence-electron chi connectivity index (χ0n) is 10.3. The van der Waals surface area contributed by atoms with Crippen LogP contribution in [0.15, 0.2) is 28.7 Å². The second-order valence-corrected chi connectivity index (χ2v) is 5.15. The van der Waals surface area contributed by atoms with E-state index in [-0.39, 0.29) is 0 Å². The van der Waals surface area contributed by atoms with E-state index in [2.05, 4.69) is 12.6 Å². The number of hydrogen-bond donors (Lipinski definition) is 0. The monoisotopic (exact) mass is 218 g/mol. The van der Waals surface area contributed by atoms with Gasteiger partial charge in [-0.3, -0.25) is 0 Å². The van der Waals surface area contributed by atoms with Crippen molar-refractivity contribution in [2.45, 2.75) is 51.9 Å². The maximum absolute atomic E-state index is 5.58. The molecule has 0 unspecified atom stereocenters. The van der Waals surface area contributed by atoms with Gasteiger partial charge in [0, 0.05) is 6.42 Å². The van der Waals surface area contributed by atoms with Crippen molar-refractivity contribution in [2.24, 2.45) is 5.92 Å². The molecule has 2 rings (SSSR count). The van der Waals surface area contributed by atoms with E-state index in [1.165, 1.54) is 44.1 Å². The Bertz CT molecular complexity index is 342. The van der Waals surface area contributed by atoms with Gasteiger partial charge in [0.2, 0.25) is 0 Å². The Morgan fingerprint density at radius 2 is 2.06 bits per heavy atom. The highest BCUT2D eigenvalue weighted by Crippen LogP contribution is 2.29. The first-order chi connectivity index (χ1) is 7.74. The van der Waals surface area contributed by atoms with Gasteiger partial charge in [-0.25, -0.2) is 0 Å². The first kappa shape index (κ1) is 11.5. The summed E-state index contributed by atoms with van der Waals surface area (Å²) in [5, 5.41) is 0. The average Bonchev–Trinajstić information content (AvgIpc) is 2.65. The molecule has 1 heterocycles. The fraction of sp³-hybridized carbons (Fsp3) is 0.600. The summed E-state index contributed by atoms with van der Waals surface area (Å²) in [5.41, 5.74) is 1.33. The molecule has 1 aromatic heterocycles. The van der Waals surface area contributed by atoms with Gasteiger partial charge in [-0.1, -0.05) is 44.3 Å². The van der Waals surface area contributed by atoms with Gasteiger partial charge in [0.05, 0.1) is 0 Å². The molecule has 0 bridgehead atoms. The van der Waals surface area contributed by atoms with Gasteiger partial charge in [0.1, 0.15) is 11.5 Å². The highest BCUT2D eigenvalue weighted by molar-refractivity contribution is 5.13. The third-order valence-corrected chi connectivity index (χ3v) is 3.52. The van der Waals surface area contributed by atoms with Crippen molar-refractivity contribution in [2.75, 3.05) is 0 Å². The van der Waals surface area contributed by atoms with E-state index in [9.17, 15) is 0 Å². The third kappa shape index (κ3) is 3.26. The molecule has 1 fully saturated rings. The number of allylic oxidation sites excluding steroid dienone is 1. The van der Waals surface area contributed by atoms with Crippen molar-refractivity contribution in [3.05, 3.63) is 35.8 Å². The fourth-order valence-electron chi connectivity index (χ4n) is 2.70. The van der Waals surface area contributed by atoms with E-state index in [1.807, 2.05) is 13.0 Å². The molecule has 88 valence electrons. The Kier molecular flexibility index (Phi) is 3.87. The van der Waals surface area contributed by atoms with E-state index in [4.69, 9.17) is 4.42 Å². The van der Waals surface area contributed by atoms with Crippen LogP contribution < -0.4 is 0 Å². The van der Waals surface area contributed by atoms with E-state index in [1.54, 1.807) is 0 Å². The second kappa shape index (κ2) is 5.38. The molecule has 1 aliphatic rings. The van der Waals surface area contributed by atoms with Crippen molar-refractivity contribution in [3.8, 4) is 0 Å². The Labute approximate surface area is 98.5 Å². The molecule has 0 radical (unpaired) electrons. The van der Waals surface area contributed by atoms with Crippen LogP contribution in [0.1, 0.15) is 50.0 Å². The number of hydrogen-bond acceptors (Lipinski definition) is 1. The van der Waals surface area contributed by atoms with Crippen LogP contribution in [0.3, 0.4) is 0 Å². The van der Waals surface area contributed by atoms with E-state index in [0.717, 1.165) is 23.9 Å². The van der Waals surface area contributed by atoms with Crippen molar-refractivity contribution in [3.63, 3.8) is 0 Å². The van der Waals surface area contributed by atoms with Gasteiger partial charge in [0.25, 0.3) is 0 Å². The minimum atomic E-state index is 0.886. The molecular formula is C15H22O. The summed E-state index contributed by atoms with van der Waals surface area (Å²) >= 11 is 0. The van der Waals surface area contributed by atoms with Crippen molar-refractivity contribution < 1.29 is 4.42 Å². The molecule has 0 saturated heterocycles. The molecule has 0 amide bonds. The zero-order chi connectivity index (χ0) is 11.4. The lowest BCUT2D eigenvalue weighted by Crippen LogP contribution is -2.07. The minimum absolute atomic E-state index is 0.886. The van der Waals surface area contributed by atoms with Gasteiger partial charge < -0.3 is 4.42 Å². The molecule has 1 nitrogen and oxygen atoms in total. The molecule has 1 aromatic rings. The lowest BCUT2D eigenvalue weighted by Gasteiger charge is -2.22. The summed E-state index contributed by atoms with van der Waals surface area (Å²) in [6.07, 6.45) is 9.17. The minimum Gasteiger partial charge on any atom is -0.466 e. The molecule has 0 N–H and O–H groups in total. The lowest BCUT2D eigenvalue weighted by molar-refractivity contribution is 0.353. The third-order valence-electron chi connectivity index (χ3n) is 3.52. The number of aryl methyl sites for hydroxylation is 1. The largest absolute Gasteiger partial charge is 0.466 e. The van der Waals surface area contributed by atoms with Crippen LogP contribution in [-0.2, 0) is 6.42 Å². The molecule has 0 atom stereocenters. The average molecular weight is 218 g/mol. The Balaban J connectivity index is 1.79. The zero-order valence-corrected chi connectivity index (χ0v) is 10.3. The standard InChI is InChI=1S/C15H22O/c1-12(10-14-6-4-3-5-7-14)11-15-9-8-13(2)16-15/h8-9,14H,1,3-7,10-11H2,2H3. The molecule has 1 heteroatoms. The topological polar surface area (TPSA) is 13.1 Å². The summed E-state index contributed by atoms with van der Waals surface area (Å²) < 4.78 is 5.58. The molecule has 1 aliphatic carbocycles. The SMILES string of the molecule is C=C(Cc1ccc(C)o1)CC1CCCCC1. The van der Waals surface area contributed by atoms with Crippen LogP contribution in [0.5, 0.6) is 0 Å². The number of furan rings is 1. The summed E-state index contributed by atoms with van der Waals surface area (Å²) in [4.78, 5) is 0. The lowest BCUT2D eigenvalue weighted by atomic mass is 9.84. The van der Waals surface area contributed by atoms with Crippen molar-refractivity contribution >= 4 is 0 Å². The quantitative estimate of drug-likeness (QED) is 0.670. The van der Waals surface area contributed by atoms with Crippen LogP contribution in [0.25, 0.3) is 0 Å². The molecule has 0 aromatic carbocycles. The van der Waals surface area contributed by atoms with Crippen LogP contribution in [0.4, 0.5) is 0 Å². The fourth-order valence-corrected chi connectivity index (χ4v) is 2.70. The molecular weight excluding hydrogens is 196 g/mol. The maximum atomic E-state index is 5.58. The van der Waals surface area contributed by atoms with E-state index >= 15 is 0 Å². The Morgan fingerprint density at radius 1 is 1.31 bits per heavy atom. The highest BCUT2D eigenvalue weighted by Gasteiger charge is 2.14. The molecule has 0 spiro atoms. The second-order valence-electron chi connectivity index (χ2n) is 5.15. The molecule has 16 heavy (non-hydrogen) atoms. The first-order valence-electron chi connectivity index (χ1n) is 6.46. The van der Waals surface area contributed by atoms with Gasteiger partial charge in [-0.15, -0.1) is 0 Å². The van der Waals surface area contributed by atoms with Crippen LogP contribution in [-0.4, -0.2) is 0 Å². The summed E-state index contributed by atoms with van der Waals surface area (Å²) in [6.45, 7) is 6.19. The molecule has 1 saturated carbocycles. The smallest absolute Gasteiger partial charge is 0.108 e. The van der Waals surface area contributed by atoms with Gasteiger partial charge in [-0.2, -0.15) is 0 Å². The first-order valence-corrected chi connectivity index (χ1v) is 6.46. The summed E-state index contributed by atoms with van der Waals surface area (Å²) in [6, 6.07) is 4.10. The van der Waals surface area contributed by atoms with E-state index in [0.29, 0.717) is 0 Å². The van der Waals surface area contributed by atoms with Crippen molar-refractivity contribution in [1.29, 1.82) is 0 Å². The van der Waals surface area contributed by atoms with Crippen LogP contribution in [0, 0.1) is 12.8 Å². The Morgan fingerprint density at radius 3 is 2.69 bits per heavy atom. The predicted octanol–water partition coefficient (Wildman–Crippen LogP) is 4.66. The van der Waals surface area contributed by atoms with Crippen molar-refractivity contribution in [1.82, 2.24) is 0 Å². The predicted molar refractivity (Wildman–Crippen MR) is 67.5 cm³/mol. The van der Waals surface area contributed by atoms with Gasteiger partial charge in [-0.05, 0) is 31.4 Å². The highest BCUT2D eigenvalue weighted by atomic mass is 16.3. The Hall–Kier alpha value is -0.980. The van der Waals surface area contributed by atoms with Crippen LogP contribution >= 0.6 is 0 Å². The maximum Gasteiger partial charge on any atom is 0.108 e. The summed E-state index contributed by atoms with van der Waals surface area (Å²) in [5.74, 6) is 2.95. The van der Waals surface area contributed by atoms with Gasteiger partial charge in [0.15, 0.2) is 0 Å². The summed E-state index contributed by atoms with van der Waals surface area (Å²) in [7, 11) is 0. The van der Waals surface area contributed by atoms with E-state index < -0.39 is 0 Å². The normalized spacial score (nSPS) is 17.6. The molecule has 0 aliphatic heterocycles. The number of rotatable bonds is 4. The van der Waals surface area contributed by atoms with Crippen LogP contribution in [0.2, 0.25) is 0 Å². The van der Waals surface area contributed by atoms with Gasteiger partial charge >= 0.3 is 0 Å².